The summed E-state index contributed by atoms with van der Waals surface area (Å²) < 4.78 is 80.2. The zero-order valence-corrected chi connectivity index (χ0v) is 16.1. The Hall–Kier alpha value is -3.08. The first-order valence-electron chi connectivity index (χ1n) is 8.70. The number of aryl methyl sites for hydroxylation is 1. The molecule has 0 unspecified atom stereocenters. The number of aliphatic hydroxyl groups is 1. The van der Waals surface area contributed by atoms with E-state index < -0.39 is 47.0 Å². The van der Waals surface area contributed by atoms with E-state index in [9.17, 15) is 41.0 Å². The van der Waals surface area contributed by atoms with Gasteiger partial charge in [-0.3, -0.25) is 9.59 Å². The van der Waals surface area contributed by atoms with Gasteiger partial charge in [0.2, 0.25) is 0 Å². The molecule has 0 aromatic heterocycles. The van der Waals surface area contributed by atoms with E-state index >= 15 is 0 Å². The van der Waals surface area contributed by atoms with Crippen LogP contribution >= 0.6 is 0 Å². The highest BCUT2D eigenvalue weighted by atomic mass is 19.4. The van der Waals surface area contributed by atoms with E-state index in [1.54, 1.807) is 19.1 Å². The Morgan fingerprint density at radius 1 is 0.903 bits per heavy atom. The molecule has 0 radical (unpaired) electrons. The van der Waals surface area contributed by atoms with Crippen molar-refractivity contribution in [3.05, 3.63) is 59.2 Å². The van der Waals surface area contributed by atoms with Crippen molar-refractivity contribution in [1.29, 1.82) is 0 Å². The van der Waals surface area contributed by atoms with Crippen molar-refractivity contribution < 1.29 is 46.1 Å². The van der Waals surface area contributed by atoms with Crippen molar-refractivity contribution in [3.63, 3.8) is 0 Å². The lowest BCUT2D eigenvalue weighted by Crippen LogP contribution is -2.54. The number of alkyl halides is 6. The Labute approximate surface area is 172 Å². The number of hydrogen-bond donors (Lipinski definition) is 3. The predicted octanol–water partition coefficient (Wildman–Crippen LogP) is 4.18. The van der Waals surface area contributed by atoms with Crippen LogP contribution in [0.25, 0.3) is 11.1 Å². The number of carbonyl (C=O) groups is 2. The molecule has 11 heteroatoms. The average Bonchev–Trinajstić information content (AvgIpc) is 2.65. The van der Waals surface area contributed by atoms with Gasteiger partial charge in [0.15, 0.2) is 0 Å². The van der Waals surface area contributed by atoms with E-state index in [1.165, 1.54) is 12.1 Å². The number of amides is 1. The van der Waals surface area contributed by atoms with E-state index in [4.69, 9.17) is 5.11 Å². The summed E-state index contributed by atoms with van der Waals surface area (Å²) in [6.07, 6.45) is -12.3. The molecule has 0 fully saturated rings. The van der Waals surface area contributed by atoms with Crippen LogP contribution in [0.3, 0.4) is 0 Å². The van der Waals surface area contributed by atoms with Gasteiger partial charge in [0, 0.05) is 11.1 Å². The summed E-state index contributed by atoms with van der Waals surface area (Å²) in [5.74, 6) is -2.69. The van der Waals surface area contributed by atoms with Gasteiger partial charge in [-0.2, -0.15) is 26.3 Å². The number of halogens is 6. The first kappa shape index (κ1) is 24.2. The Morgan fingerprint density at radius 2 is 1.42 bits per heavy atom. The van der Waals surface area contributed by atoms with Gasteiger partial charge in [-0.1, -0.05) is 29.8 Å². The van der Waals surface area contributed by atoms with Crippen LogP contribution in [0.4, 0.5) is 26.3 Å². The topological polar surface area (TPSA) is 86.6 Å². The molecule has 2 rings (SSSR count). The first-order valence-corrected chi connectivity index (χ1v) is 8.70. The molecule has 1 atom stereocenters. The molecule has 0 aliphatic heterocycles. The molecule has 0 aliphatic carbocycles. The highest BCUT2D eigenvalue weighted by molar-refractivity contribution is 5.98. The van der Waals surface area contributed by atoms with Crippen molar-refractivity contribution in [1.82, 2.24) is 5.32 Å². The maximum Gasteiger partial charge on any atom is 0.430 e. The van der Waals surface area contributed by atoms with Crippen LogP contribution in [-0.2, 0) is 10.4 Å². The van der Waals surface area contributed by atoms with Crippen LogP contribution in [0.15, 0.2) is 42.5 Å². The first-order chi connectivity index (χ1) is 14.1. The van der Waals surface area contributed by atoms with Crippen molar-refractivity contribution in [2.75, 3.05) is 0 Å². The third kappa shape index (κ3) is 4.82. The lowest BCUT2D eigenvalue weighted by molar-refractivity contribution is -0.376. The molecule has 0 aliphatic rings. The van der Waals surface area contributed by atoms with Gasteiger partial charge in [-0.25, -0.2) is 0 Å². The lowest BCUT2D eigenvalue weighted by atomic mass is 9.87. The normalized spacial score (nSPS) is 13.6. The fraction of sp³-hybridized carbons (Fsp3) is 0.300. The maximum absolute atomic E-state index is 13.4. The molecular formula is C20H17F6NO4. The number of carboxylic acid groups (broad SMARTS) is 1. The zero-order valence-electron chi connectivity index (χ0n) is 16.1. The van der Waals surface area contributed by atoms with E-state index in [0.717, 1.165) is 18.6 Å². The summed E-state index contributed by atoms with van der Waals surface area (Å²) in [5.41, 5.74) is -6.84. The van der Waals surface area contributed by atoms with Crippen LogP contribution in [0.5, 0.6) is 0 Å². The van der Waals surface area contributed by atoms with Crippen molar-refractivity contribution in [2.45, 2.75) is 37.8 Å². The van der Waals surface area contributed by atoms with Crippen molar-refractivity contribution >= 4 is 11.9 Å². The van der Waals surface area contributed by atoms with Gasteiger partial charge < -0.3 is 15.5 Å². The molecule has 168 valence electrons. The van der Waals surface area contributed by atoms with Gasteiger partial charge in [-0.05, 0) is 43.2 Å². The number of carbonyl (C=O) groups excluding carboxylic acids is 1. The lowest BCUT2D eigenvalue weighted by Gasteiger charge is -2.33. The highest BCUT2D eigenvalue weighted by Crippen LogP contribution is 2.50. The van der Waals surface area contributed by atoms with Gasteiger partial charge in [0.1, 0.15) is 6.04 Å². The van der Waals surface area contributed by atoms with Crippen molar-refractivity contribution in [3.8, 4) is 11.1 Å². The van der Waals surface area contributed by atoms with Crippen LogP contribution in [0, 0.1) is 6.92 Å². The average molecular weight is 449 g/mol. The van der Waals surface area contributed by atoms with Gasteiger partial charge >= 0.3 is 18.3 Å². The van der Waals surface area contributed by atoms with E-state index in [-0.39, 0.29) is 17.2 Å². The summed E-state index contributed by atoms with van der Waals surface area (Å²) in [5, 5.41) is 20.6. The number of aliphatic carboxylic acids is 1. The summed E-state index contributed by atoms with van der Waals surface area (Å²) in [4.78, 5) is 23.3. The molecule has 31 heavy (non-hydrogen) atoms. The highest BCUT2D eigenvalue weighted by Gasteiger charge is 2.71. The standard InChI is InChI=1S/C20H17F6NO4/c1-10-3-5-12(6-4-10)13-7-14(16(28)27-11(2)17(29)30)9-15(8-13)18(31,19(21,22)23)20(24,25)26/h3-9,11,31H,1-2H3,(H,27,28)(H,29,30)/t11-/m1/s1. The molecule has 3 N–H and O–H groups in total. The second-order valence-electron chi connectivity index (χ2n) is 6.90. The second-order valence-corrected chi connectivity index (χ2v) is 6.90. The summed E-state index contributed by atoms with van der Waals surface area (Å²) in [6, 6.07) is 6.19. The minimum Gasteiger partial charge on any atom is -0.480 e. The van der Waals surface area contributed by atoms with Crippen LogP contribution in [0.2, 0.25) is 0 Å². The monoisotopic (exact) mass is 449 g/mol. The van der Waals surface area contributed by atoms with E-state index in [1.807, 2.05) is 5.32 Å². The van der Waals surface area contributed by atoms with Gasteiger partial charge in [-0.15, -0.1) is 0 Å². The molecule has 0 heterocycles. The molecule has 0 saturated carbocycles. The molecule has 0 bridgehead atoms. The molecule has 0 spiro atoms. The smallest absolute Gasteiger partial charge is 0.430 e. The molecule has 5 nitrogen and oxygen atoms in total. The Morgan fingerprint density at radius 3 is 1.87 bits per heavy atom. The Bertz CT molecular complexity index is 969. The fourth-order valence-corrected chi connectivity index (χ4v) is 2.71. The van der Waals surface area contributed by atoms with Gasteiger partial charge in [0.05, 0.1) is 0 Å². The minimum absolute atomic E-state index is 0.180. The third-order valence-electron chi connectivity index (χ3n) is 4.54. The number of rotatable bonds is 5. The van der Waals surface area contributed by atoms with Gasteiger partial charge in [0.25, 0.3) is 11.5 Å². The van der Waals surface area contributed by atoms with E-state index in [2.05, 4.69) is 0 Å². The molecular weight excluding hydrogens is 432 g/mol. The molecule has 2 aromatic rings. The summed E-state index contributed by atoms with van der Waals surface area (Å²) in [7, 11) is 0. The van der Waals surface area contributed by atoms with Crippen LogP contribution < -0.4 is 5.32 Å². The second kappa shape index (κ2) is 8.22. The third-order valence-corrected chi connectivity index (χ3v) is 4.54. The number of hydrogen-bond acceptors (Lipinski definition) is 3. The summed E-state index contributed by atoms with van der Waals surface area (Å²) >= 11 is 0. The number of carboxylic acids is 1. The molecule has 2 aromatic carbocycles. The Kier molecular flexibility index (Phi) is 6.41. The summed E-state index contributed by atoms with van der Waals surface area (Å²) in [6.45, 7) is 2.77. The Balaban J connectivity index is 2.76. The van der Waals surface area contributed by atoms with Crippen LogP contribution in [0.1, 0.15) is 28.4 Å². The number of benzene rings is 2. The molecule has 0 saturated heterocycles. The van der Waals surface area contributed by atoms with Crippen LogP contribution in [-0.4, -0.2) is 40.5 Å². The SMILES string of the molecule is Cc1ccc(-c2cc(C(=O)N[C@H](C)C(=O)O)cc(C(O)(C(F)(F)F)C(F)(F)F)c2)cc1. The quantitative estimate of drug-likeness (QED) is 0.598. The zero-order chi connectivity index (χ0) is 23.8. The predicted molar refractivity (Wildman–Crippen MR) is 97.2 cm³/mol. The number of nitrogens with one attached hydrogen (secondary N) is 1. The maximum atomic E-state index is 13.4. The van der Waals surface area contributed by atoms with Crippen molar-refractivity contribution in [2.24, 2.45) is 0 Å². The van der Waals surface area contributed by atoms with E-state index in [0.29, 0.717) is 6.07 Å². The fourth-order valence-electron chi connectivity index (χ4n) is 2.71. The largest absolute Gasteiger partial charge is 0.480 e. The minimum atomic E-state index is -6.15. The molecule has 1 amide bonds.